The molecular formula is C25H33BrN2O3. The minimum atomic E-state index is -0.636. The van der Waals surface area contributed by atoms with Gasteiger partial charge in [0.2, 0.25) is 5.91 Å². The Kier molecular flexibility index (Phi) is 8.29. The fourth-order valence-electron chi connectivity index (χ4n) is 3.25. The molecule has 0 aliphatic rings. The Morgan fingerprint density at radius 3 is 2.19 bits per heavy atom. The van der Waals surface area contributed by atoms with Gasteiger partial charge in [-0.15, -0.1) is 0 Å². The van der Waals surface area contributed by atoms with E-state index in [9.17, 15) is 9.59 Å². The molecule has 2 rings (SSSR count). The van der Waals surface area contributed by atoms with Crippen LogP contribution in [-0.4, -0.2) is 34.9 Å². The van der Waals surface area contributed by atoms with Gasteiger partial charge in [-0.3, -0.25) is 9.59 Å². The van der Waals surface area contributed by atoms with Gasteiger partial charge < -0.3 is 15.0 Å². The van der Waals surface area contributed by atoms with Crippen LogP contribution in [0, 0.1) is 20.8 Å². The first kappa shape index (κ1) is 24.9. The molecule has 0 fully saturated rings. The van der Waals surface area contributed by atoms with Crippen LogP contribution in [0.2, 0.25) is 0 Å². The molecule has 0 spiro atoms. The quantitative estimate of drug-likeness (QED) is 0.590. The fourth-order valence-corrected chi connectivity index (χ4v) is 3.47. The molecule has 2 aromatic rings. The van der Waals surface area contributed by atoms with Crippen molar-refractivity contribution in [3.63, 3.8) is 0 Å². The third kappa shape index (κ3) is 7.10. The number of nitrogens with zero attached hydrogens (tertiary/aromatic N) is 1. The molecule has 2 aromatic carbocycles. The molecule has 1 atom stereocenters. The lowest BCUT2D eigenvalue weighted by Crippen LogP contribution is -2.53. The van der Waals surface area contributed by atoms with Crippen molar-refractivity contribution in [1.82, 2.24) is 10.2 Å². The van der Waals surface area contributed by atoms with E-state index in [0.717, 1.165) is 26.7 Å². The molecule has 5 nitrogen and oxygen atoms in total. The van der Waals surface area contributed by atoms with Crippen LogP contribution < -0.4 is 10.1 Å². The third-order valence-corrected chi connectivity index (χ3v) is 6.29. The van der Waals surface area contributed by atoms with E-state index < -0.39 is 6.04 Å². The van der Waals surface area contributed by atoms with Crippen LogP contribution in [-0.2, 0) is 16.1 Å². The molecule has 6 heteroatoms. The highest BCUT2D eigenvalue weighted by atomic mass is 79.9. The molecule has 2 amide bonds. The number of nitrogens with one attached hydrogen (secondary N) is 1. The minimum absolute atomic E-state index is 0.139. The van der Waals surface area contributed by atoms with E-state index in [2.05, 4.69) is 21.2 Å². The van der Waals surface area contributed by atoms with E-state index in [1.54, 1.807) is 11.8 Å². The Hall–Kier alpha value is -2.34. The van der Waals surface area contributed by atoms with Crippen molar-refractivity contribution in [1.29, 1.82) is 0 Å². The highest BCUT2D eigenvalue weighted by Crippen LogP contribution is 2.26. The monoisotopic (exact) mass is 488 g/mol. The van der Waals surface area contributed by atoms with Crippen LogP contribution in [0.1, 0.15) is 49.9 Å². The number of amides is 2. The molecular weight excluding hydrogens is 456 g/mol. The zero-order valence-corrected chi connectivity index (χ0v) is 21.1. The van der Waals surface area contributed by atoms with E-state index in [4.69, 9.17) is 4.74 Å². The third-order valence-electron chi connectivity index (χ3n) is 5.04. The molecule has 0 saturated carbocycles. The van der Waals surface area contributed by atoms with Gasteiger partial charge in [0.25, 0.3) is 5.91 Å². The van der Waals surface area contributed by atoms with Crippen molar-refractivity contribution in [2.75, 3.05) is 6.61 Å². The van der Waals surface area contributed by atoms with Crippen LogP contribution in [0.4, 0.5) is 0 Å². The summed E-state index contributed by atoms with van der Waals surface area (Å²) in [5.74, 6) is 0.206. The number of hydrogen-bond donors (Lipinski definition) is 1. The normalized spacial score (nSPS) is 12.3. The van der Waals surface area contributed by atoms with Crippen LogP contribution in [0.3, 0.4) is 0 Å². The molecule has 168 valence electrons. The summed E-state index contributed by atoms with van der Waals surface area (Å²) in [4.78, 5) is 27.6. The van der Waals surface area contributed by atoms with Gasteiger partial charge in [0.15, 0.2) is 6.61 Å². The predicted molar refractivity (Wildman–Crippen MR) is 128 cm³/mol. The van der Waals surface area contributed by atoms with Crippen LogP contribution in [0.15, 0.2) is 40.9 Å². The Labute approximate surface area is 194 Å². The predicted octanol–water partition coefficient (Wildman–Crippen LogP) is 5.09. The average Bonchev–Trinajstić information content (AvgIpc) is 2.67. The molecule has 0 aliphatic carbocycles. The van der Waals surface area contributed by atoms with E-state index in [1.165, 1.54) is 0 Å². The summed E-state index contributed by atoms with van der Waals surface area (Å²) >= 11 is 3.54. The van der Waals surface area contributed by atoms with E-state index >= 15 is 0 Å². The second-order valence-corrected chi connectivity index (χ2v) is 9.82. The zero-order valence-electron chi connectivity index (χ0n) is 19.5. The number of benzene rings is 2. The van der Waals surface area contributed by atoms with Gasteiger partial charge in [-0.25, -0.2) is 0 Å². The average molecular weight is 489 g/mol. The Bertz CT molecular complexity index is 927. The van der Waals surface area contributed by atoms with Crippen LogP contribution >= 0.6 is 15.9 Å². The summed E-state index contributed by atoms with van der Waals surface area (Å²) in [6, 6.07) is 11.0. The minimum Gasteiger partial charge on any atom is -0.484 e. The van der Waals surface area contributed by atoms with Gasteiger partial charge in [0.1, 0.15) is 11.8 Å². The second kappa shape index (κ2) is 10.3. The fraction of sp³-hybridized carbons (Fsp3) is 0.440. The second-order valence-electron chi connectivity index (χ2n) is 9.02. The smallest absolute Gasteiger partial charge is 0.261 e. The first-order chi connectivity index (χ1) is 14.4. The summed E-state index contributed by atoms with van der Waals surface area (Å²) in [6.45, 7) is 13.7. The van der Waals surface area contributed by atoms with E-state index in [1.807, 2.05) is 77.9 Å². The van der Waals surface area contributed by atoms with Crippen molar-refractivity contribution in [2.24, 2.45) is 0 Å². The molecule has 0 aromatic heterocycles. The first-order valence-corrected chi connectivity index (χ1v) is 11.2. The number of carbonyl (C=O) groups is 2. The summed E-state index contributed by atoms with van der Waals surface area (Å²) in [5, 5.41) is 2.97. The van der Waals surface area contributed by atoms with Gasteiger partial charge in [0.05, 0.1) is 0 Å². The molecule has 0 aliphatic heterocycles. The Morgan fingerprint density at radius 2 is 1.65 bits per heavy atom. The van der Waals surface area contributed by atoms with Crippen molar-refractivity contribution >= 4 is 27.7 Å². The highest BCUT2D eigenvalue weighted by Gasteiger charge is 2.29. The molecule has 0 radical (unpaired) electrons. The molecule has 0 saturated heterocycles. The number of hydrogen-bond acceptors (Lipinski definition) is 3. The van der Waals surface area contributed by atoms with Gasteiger partial charge in [-0.05, 0) is 82.9 Å². The summed E-state index contributed by atoms with van der Waals surface area (Å²) < 4.78 is 6.85. The molecule has 0 heterocycles. The summed E-state index contributed by atoms with van der Waals surface area (Å²) in [7, 11) is 0. The summed E-state index contributed by atoms with van der Waals surface area (Å²) in [6.07, 6.45) is 0. The number of halogens is 1. The van der Waals surface area contributed by atoms with Gasteiger partial charge in [0, 0.05) is 16.6 Å². The van der Waals surface area contributed by atoms with E-state index in [-0.39, 0.29) is 24.0 Å². The van der Waals surface area contributed by atoms with Gasteiger partial charge >= 0.3 is 0 Å². The number of carbonyl (C=O) groups excluding carboxylic acids is 2. The maximum atomic E-state index is 13.2. The van der Waals surface area contributed by atoms with Crippen molar-refractivity contribution < 1.29 is 14.3 Å². The lowest BCUT2D eigenvalue weighted by molar-refractivity contribution is -0.142. The van der Waals surface area contributed by atoms with Crippen molar-refractivity contribution in [3.05, 3.63) is 63.1 Å². The number of ether oxygens (including phenoxy) is 1. The lowest BCUT2D eigenvalue weighted by atomic mass is 10.1. The molecule has 31 heavy (non-hydrogen) atoms. The van der Waals surface area contributed by atoms with Crippen molar-refractivity contribution in [2.45, 2.75) is 66.6 Å². The van der Waals surface area contributed by atoms with Crippen LogP contribution in [0.25, 0.3) is 0 Å². The first-order valence-electron chi connectivity index (χ1n) is 10.4. The van der Waals surface area contributed by atoms with E-state index in [0.29, 0.717) is 12.3 Å². The Balaban J connectivity index is 2.23. The van der Waals surface area contributed by atoms with Crippen molar-refractivity contribution in [3.8, 4) is 5.75 Å². The molecule has 0 unspecified atom stereocenters. The lowest BCUT2D eigenvalue weighted by Gasteiger charge is -2.31. The molecule has 1 N–H and O–H groups in total. The van der Waals surface area contributed by atoms with Crippen LogP contribution in [0.5, 0.6) is 5.75 Å². The maximum absolute atomic E-state index is 13.2. The standard InChI is InChI=1S/C25H33BrN2O3/c1-16-10-8-9-11-20(16)14-28(19(4)24(30)27-25(5,6)7)22(29)15-31-21-12-17(2)23(26)18(3)13-21/h8-13,19H,14-15H2,1-7H3,(H,27,30)/t19-/m1/s1. The molecule has 0 bridgehead atoms. The SMILES string of the molecule is Cc1ccccc1CN(C(=O)COc1cc(C)c(Br)c(C)c1)[C@H](C)C(=O)NC(C)(C)C. The number of rotatable bonds is 7. The number of aryl methyl sites for hydroxylation is 3. The highest BCUT2D eigenvalue weighted by molar-refractivity contribution is 9.10. The maximum Gasteiger partial charge on any atom is 0.261 e. The topological polar surface area (TPSA) is 58.6 Å². The summed E-state index contributed by atoms with van der Waals surface area (Å²) in [5.41, 5.74) is 3.77. The largest absolute Gasteiger partial charge is 0.484 e. The van der Waals surface area contributed by atoms with Gasteiger partial charge in [-0.2, -0.15) is 0 Å². The zero-order chi connectivity index (χ0) is 23.3. The van der Waals surface area contributed by atoms with Gasteiger partial charge in [-0.1, -0.05) is 40.2 Å². The Morgan fingerprint density at radius 1 is 1.06 bits per heavy atom.